The Morgan fingerprint density at radius 2 is 1.26 bits per heavy atom. The average Bonchev–Trinajstić information content (AvgIpc) is 2.78. The number of Topliss-reactive ketones (excluding diaryl/α,β-unsaturated/α-hetero) is 1. The maximum atomic E-state index is 14.2. The van der Waals surface area contributed by atoms with Crippen molar-refractivity contribution in [3.05, 3.63) is 35.4 Å². The molecule has 23 heavy (non-hydrogen) atoms. The van der Waals surface area contributed by atoms with Gasteiger partial charge in [0.15, 0.2) is 10.7 Å². The summed E-state index contributed by atoms with van der Waals surface area (Å²) in [4.78, 5) is 5.27. The molecule has 3 aliphatic rings. The first kappa shape index (κ1) is 15.6. The molecule has 2 saturated carbocycles. The molecule has 0 N–H and O–H groups in total. The third-order valence-corrected chi connectivity index (χ3v) is 6.90. The Hall–Kier alpha value is -0.950. The highest BCUT2D eigenvalue weighted by molar-refractivity contribution is 6.42. The summed E-state index contributed by atoms with van der Waals surface area (Å²) >= 11 is 11.3. The quantitative estimate of drug-likeness (QED) is 0.483. The van der Waals surface area contributed by atoms with E-state index in [1.165, 1.54) is 24.3 Å². The lowest BCUT2D eigenvalue weighted by atomic mass is 9.55. The van der Waals surface area contributed by atoms with E-state index in [9.17, 15) is 31.1 Å². The van der Waals surface area contributed by atoms with Crippen LogP contribution in [0.15, 0.2) is 24.3 Å². The highest BCUT2D eigenvalue weighted by atomic mass is 35.5. The van der Waals surface area contributed by atoms with E-state index in [1.807, 2.05) is 0 Å². The second kappa shape index (κ2) is 3.67. The normalized spacial score (nSPS) is 44.3. The van der Waals surface area contributed by atoms with Crippen LogP contribution in [0.5, 0.6) is 0 Å². The molecule has 0 radical (unpaired) electrons. The molecule has 0 aromatic heterocycles. The Bertz CT molecular complexity index is 765. The van der Waals surface area contributed by atoms with Crippen molar-refractivity contribution in [2.75, 3.05) is 0 Å². The number of carbonyl (C=O) groups is 1. The predicted octanol–water partition coefficient (Wildman–Crippen LogP) is 4.47. The molecule has 0 aliphatic heterocycles. The SMILES string of the molecule is O=C1c2ccccc2[C@@H]2[C@H]1[C@@]1(Cl)C(F)(F)C(F)(F)C(F)(F)[C@@]21Cl. The van der Waals surface area contributed by atoms with Gasteiger partial charge in [0.05, 0.1) is 5.92 Å². The highest BCUT2D eigenvalue weighted by Gasteiger charge is 3.04. The summed E-state index contributed by atoms with van der Waals surface area (Å²) in [5, 5.41) is 0. The third kappa shape index (κ3) is 1.11. The maximum Gasteiger partial charge on any atom is 0.375 e. The third-order valence-electron chi connectivity index (χ3n) is 5.27. The van der Waals surface area contributed by atoms with Crippen molar-refractivity contribution < 1.29 is 31.1 Å². The molecule has 9 heteroatoms. The molecule has 124 valence electrons. The van der Waals surface area contributed by atoms with Crippen LogP contribution in [0.4, 0.5) is 26.3 Å². The van der Waals surface area contributed by atoms with E-state index >= 15 is 0 Å². The summed E-state index contributed by atoms with van der Waals surface area (Å²) in [5.74, 6) is -21.0. The largest absolute Gasteiger partial charge is 0.375 e. The summed E-state index contributed by atoms with van der Waals surface area (Å²) in [6.45, 7) is 0. The van der Waals surface area contributed by atoms with Gasteiger partial charge >= 0.3 is 17.8 Å². The fourth-order valence-corrected chi connectivity index (χ4v) is 5.38. The van der Waals surface area contributed by atoms with Crippen molar-refractivity contribution in [2.24, 2.45) is 5.92 Å². The van der Waals surface area contributed by atoms with E-state index < -0.39 is 45.1 Å². The lowest BCUT2D eigenvalue weighted by Crippen LogP contribution is -2.74. The fraction of sp³-hybridized carbons (Fsp3) is 0.500. The van der Waals surface area contributed by atoms with Gasteiger partial charge < -0.3 is 0 Å². The Labute approximate surface area is 135 Å². The van der Waals surface area contributed by atoms with Crippen LogP contribution in [0.3, 0.4) is 0 Å². The number of fused-ring (bicyclic) bond motifs is 6. The van der Waals surface area contributed by atoms with Crippen LogP contribution in [0.25, 0.3) is 0 Å². The number of ketones is 1. The van der Waals surface area contributed by atoms with E-state index in [2.05, 4.69) is 0 Å². The Morgan fingerprint density at radius 3 is 1.83 bits per heavy atom. The molecule has 0 amide bonds. The molecule has 4 atom stereocenters. The number of hydrogen-bond acceptors (Lipinski definition) is 1. The molecule has 1 aromatic rings. The van der Waals surface area contributed by atoms with Gasteiger partial charge in [0.2, 0.25) is 0 Å². The minimum Gasteiger partial charge on any atom is -0.294 e. The number of alkyl halides is 8. The molecule has 1 nitrogen and oxygen atoms in total. The van der Waals surface area contributed by atoms with Gasteiger partial charge in [-0.15, -0.1) is 23.2 Å². The molecular weight excluding hydrogens is 369 g/mol. The van der Waals surface area contributed by atoms with Crippen molar-refractivity contribution in [1.82, 2.24) is 0 Å². The van der Waals surface area contributed by atoms with Crippen molar-refractivity contribution in [2.45, 2.75) is 33.4 Å². The molecule has 1 aromatic carbocycles. The maximum absolute atomic E-state index is 14.2. The smallest absolute Gasteiger partial charge is 0.294 e. The lowest BCUT2D eigenvalue weighted by Gasteiger charge is -2.57. The van der Waals surface area contributed by atoms with Crippen LogP contribution in [0.1, 0.15) is 21.8 Å². The molecule has 0 spiro atoms. The van der Waals surface area contributed by atoms with E-state index in [0.29, 0.717) is 0 Å². The van der Waals surface area contributed by atoms with Gasteiger partial charge in [-0.3, -0.25) is 4.79 Å². The van der Waals surface area contributed by atoms with E-state index in [4.69, 9.17) is 23.2 Å². The van der Waals surface area contributed by atoms with Crippen molar-refractivity contribution >= 4 is 29.0 Å². The van der Waals surface area contributed by atoms with Gasteiger partial charge in [0.25, 0.3) is 0 Å². The molecular formula is C14H6Cl2F6O. The van der Waals surface area contributed by atoms with Gasteiger partial charge in [-0.2, -0.15) is 26.3 Å². The molecule has 0 bridgehead atoms. The van der Waals surface area contributed by atoms with Crippen molar-refractivity contribution in [3.63, 3.8) is 0 Å². The summed E-state index contributed by atoms with van der Waals surface area (Å²) in [6.07, 6.45) is 0. The van der Waals surface area contributed by atoms with Crippen LogP contribution in [0.2, 0.25) is 0 Å². The van der Waals surface area contributed by atoms with Gasteiger partial charge in [0.1, 0.15) is 4.87 Å². The Kier molecular flexibility index (Phi) is 2.48. The second-order valence-electron chi connectivity index (χ2n) is 6.05. The number of rotatable bonds is 0. The number of carbonyl (C=O) groups excluding carboxylic acids is 1. The minimum atomic E-state index is -5.76. The predicted molar refractivity (Wildman–Crippen MR) is 69.0 cm³/mol. The van der Waals surface area contributed by atoms with Gasteiger partial charge in [-0.1, -0.05) is 24.3 Å². The van der Waals surface area contributed by atoms with Crippen LogP contribution >= 0.6 is 23.2 Å². The van der Waals surface area contributed by atoms with Crippen LogP contribution < -0.4 is 0 Å². The monoisotopic (exact) mass is 374 g/mol. The Balaban J connectivity index is 2.04. The van der Waals surface area contributed by atoms with Crippen molar-refractivity contribution in [3.8, 4) is 0 Å². The van der Waals surface area contributed by atoms with Crippen molar-refractivity contribution in [1.29, 1.82) is 0 Å². The molecule has 4 rings (SSSR count). The zero-order chi connectivity index (χ0) is 17.2. The van der Waals surface area contributed by atoms with Crippen LogP contribution in [-0.4, -0.2) is 33.3 Å². The first-order chi connectivity index (χ1) is 10.4. The van der Waals surface area contributed by atoms with Gasteiger partial charge in [0, 0.05) is 11.5 Å². The standard InChI is InChI=1S/C14H6Cl2F6O/c15-10-7-5-3-1-2-4-6(5)9(23)8(7)11(10,16)13(19,20)14(21,22)12(10,17)18/h1-4,7-8H/t7-,8-,10-,11+/m1/s1. The zero-order valence-corrected chi connectivity index (χ0v) is 12.4. The molecule has 0 saturated heterocycles. The van der Waals surface area contributed by atoms with E-state index in [1.54, 1.807) is 0 Å². The lowest BCUT2D eigenvalue weighted by molar-refractivity contribution is -0.275. The topological polar surface area (TPSA) is 17.1 Å². The Morgan fingerprint density at radius 1 is 0.783 bits per heavy atom. The second-order valence-corrected chi connectivity index (χ2v) is 7.25. The summed E-state index contributed by atoms with van der Waals surface area (Å²) in [7, 11) is 0. The highest BCUT2D eigenvalue weighted by Crippen LogP contribution is 2.84. The van der Waals surface area contributed by atoms with E-state index in [-0.39, 0.29) is 11.1 Å². The first-order valence-corrected chi connectivity index (χ1v) is 7.29. The van der Waals surface area contributed by atoms with Crippen LogP contribution in [-0.2, 0) is 0 Å². The van der Waals surface area contributed by atoms with Gasteiger partial charge in [-0.25, -0.2) is 0 Å². The number of benzene rings is 1. The van der Waals surface area contributed by atoms with Crippen LogP contribution in [0, 0.1) is 5.92 Å². The number of hydrogen-bond donors (Lipinski definition) is 0. The summed E-state index contributed by atoms with van der Waals surface area (Å²) < 4.78 is 84.4. The van der Waals surface area contributed by atoms with E-state index in [0.717, 1.165) is 0 Å². The molecule has 0 unspecified atom stereocenters. The fourth-order valence-electron chi connectivity index (χ4n) is 4.20. The molecule has 3 aliphatic carbocycles. The molecule has 2 fully saturated rings. The minimum absolute atomic E-state index is 0.0537. The number of halogens is 8. The summed E-state index contributed by atoms with van der Waals surface area (Å²) in [5.41, 5.74) is -0.145. The average molecular weight is 375 g/mol. The summed E-state index contributed by atoms with van der Waals surface area (Å²) in [6, 6.07) is 5.28. The zero-order valence-electron chi connectivity index (χ0n) is 10.9. The first-order valence-electron chi connectivity index (χ1n) is 6.53. The molecule has 0 heterocycles. The van der Waals surface area contributed by atoms with Gasteiger partial charge in [-0.05, 0) is 5.56 Å².